The van der Waals surface area contributed by atoms with Crippen molar-refractivity contribution in [2.24, 2.45) is 0 Å². The summed E-state index contributed by atoms with van der Waals surface area (Å²) in [6, 6.07) is 53.3. The van der Waals surface area contributed by atoms with Crippen LogP contribution < -0.4 is 5.19 Å². The Hall–Kier alpha value is -5.17. The molecule has 0 spiro atoms. The van der Waals surface area contributed by atoms with E-state index in [1.165, 1.54) is 30.9 Å². The molecule has 10 rings (SSSR count). The molecule has 4 nitrogen and oxygen atoms in total. The van der Waals surface area contributed by atoms with Gasteiger partial charge in [-0.15, -0.1) is 64.9 Å². The number of rotatable bonds is 4. The number of para-hydroxylation sites is 3. The molecule has 1 radical (unpaired) electrons. The first-order valence-electron chi connectivity index (χ1n) is 18.7. The van der Waals surface area contributed by atoms with E-state index in [0.717, 1.165) is 61.3 Å². The minimum Gasteiger partial charge on any atom is -0.501 e. The van der Waals surface area contributed by atoms with Gasteiger partial charge in [-0.2, -0.15) is 0 Å². The van der Waals surface area contributed by atoms with Gasteiger partial charge in [0.1, 0.15) is 5.58 Å². The van der Waals surface area contributed by atoms with E-state index in [0.29, 0.717) is 0 Å². The number of hydrogen-bond acceptors (Lipinski definition) is 4. The van der Waals surface area contributed by atoms with Crippen LogP contribution in [0.5, 0.6) is 0 Å². The van der Waals surface area contributed by atoms with Crippen LogP contribution in [0.3, 0.4) is 0 Å². The van der Waals surface area contributed by atoms with Crippen molar-refractivity contribution in [3.63, 3.8) is 0 Å². The van der Waals surface area contributed by atoms with Crippen molar-refractivity contribution < 1.29 is 24.5 Å². The van der Waals surface area contributed by atoms with E-state index in [1.807, 2.05) is 47.9 Å². The van der Waals surface area contributed by atoms with Crippen LogP contribution in [0.4, 0.5) is 0 Å². The molecule has 7 heteroatoms. The third kappa shape index (κ3) is 6.94. The van der Waals surface area contributed by atoms with Gasteiger partial charge in [-0.05, 0) is 58.8 Å². The summed E-state index contributed by atoms with van der Waals surface area (Å²) < 4.78 is 11.2. The first-order chi connectivity index (χ1) is 26.5. The topological polar surface area (TPSA) is 43.9 Å². The SMILES string of the molecule is CC(C)(C)c1c[c-]c(-c2ccc([Si](C)(C)C)cn2)cc1.[Ir].[c-]1ccc2c(oc3ccccc32)c1-c1nc2ccccc2n1-c1ccc2sc3ccccc3c2c1. The summed E-state index contributed by atoms with van der Waals surface area (Å²) >= 11 is 1.83. The normalized spacial score (nSPS) is 12.0. The molecular formula is C49H41IrN3OSSi-2. The van der Waals surface area contributed by atoms with Crippen molar-refractivity contribution in [1.29, 1.82) is 0 Å². The minimum atomic E-state index is -1.26. The Labute approximate surface area is 346 Å². The summed E-state index contributed by atoms with van der Waals surface area (Å²) in [5.74, 6) is 0.828. The molecule has 4 aromatic heterocycles. The molecule has 0 bridgehead atoms. The molecule has 0 saturated heterocycles. The number of benzene rings is 6. The van der Waals surface area contributed by atoms with Crippen LogP contribution in [-0.2, 0) is 25.5 Å². The molecule has 279 valence electrons. The Balaban J connectivity index is 0.000000181. The smallest absolute Gasteiger partial charge is 0.120 e. The molecule has 6 aromatic carbocycles. The van der Waals surface area contributed by atoms with Gasteiger partial charge >= 0.3 is 0 Å². The summed E-state index contributed by atoms with van der Waals surface area (Å²) in [4.78, 5) is 9.69. The quantitative estimate of drug-likeness (QED) is 0.130. The molecule has 0 aliphatic carbocycles. The summed E-state index contributed by atoms with van der Waals surface area (Å²) in [6.07, 6.45) is 2.03. The van der Waals surface area contributed by atoms with Gasteiger partial charge in [0.15, 0.2) is 0 Å². The fraction of sp³-hybridized carbons (Fsp3) is 0.143. The summed E-state index contributed by atoms with van der Waals surface area (Å²) in [5, 5.41) is 6.12. The van der Waals surface area contributed by atoms with Crippen LogP contribution in [0, 0.1) is 12.1 Å². The Morgan fingerprint density at radius 2 is 1.46 bits per heavy atom. The molecular weight excluding hydrogens is 899 g/mol. The molecule has 0 saturated carbocycles. The van der Waals surface area contributed by atoms with E-state index in [-0.39, 0.29) is 25.5 Å². The zero-order chi connectivity index (χ0) is 37.9. The van der Waals surface area contributed by atoms with E-state index < -0.39 is 8.07 Å². The number of pyridine rings is 1. The van der Waals surface area contributed by atoms with Gasteiger partial charge in [-0.25, -0.2) is 0 Å². The number of aromatic nitrogens is 3. The van der Waals surface area contributed by atoms with Crippen LogP contribution in [-0.4, -0.2) is 22.6 Å². The van der Waals surface area contributed by atoms with E-state index in [9.17, 15) is 0 Å². The van der Waals surface area contributed by atoms with Crippen LogP contribution in [0.15, 0.2) is 144 Å². The first kappa shape index (κ1) is 37.7. The molecule has 0 aliphatic heterocycles. The fourth-order valence-electron chi connectivity index (χ4n) is 7.21. The van der Waals surface area contributed by atoms with Crippen molar-refractivity contribution in [2.45, 2.75) is 45.8 Å². The molecule has 4 heterocycles. The Kier molecular flexibility index (Phi) is 9.92. The largest absolute Gasteiger partial charge is 0.501 e. The molecule has 0 aliphatic rings. The second-order valence-electron chi connectivity index (χ2n) is 16.2. The molecule has 0 unspecified atom stereocenters. The molecule has 0 fully saturated rings. The maximum Gasteiger partial charge on any atom is 0.120 e. The zero-order valence-corrected chi connectivity index (χ0v) is 36.5. The Morgan fingerprint density at radius 3 is 2.21 bits per heavy atom. The predicted molar refractivity (Wildman–Crippen MR) is 236 cm³/mol. The zero-order valence-electron chi connectivity index (χ0n) is 32.3. The van der Waals surface area contributed by atoms with Crippen LogP contribution in [0.25, 0.3) is 81.5 Å². The molecule has 56 heavy (non-hydrogen) atoms. The van der Waals surface area contributed by atoms with Gasteiger partial charge in [0.25, 0.3) is 0 Å². The number of imidazole rings is 1. The number of fused-ring (bicyclic) bond motifs is 7. The van der Waals surface area contributed by atoms with Gasteiger partial charge in [-0.3, -0.25) is 4.98 Å². The third-order valence-corrected chi connectivity index (χ3v) is 13.5. The summed E-state index contributed by atoms with van der Waals surface area (Å²) in [5.41, 5.74) is 9.18. The van der Waals surface area contributed by atoms with Crippen molar-refractivity contribution >= 4 is 77.7 Å². The number of nitrogens with zero attached hydrogens (tertiary/aromatic N) is 3. The molecule has 0 N–H and O–H groups in total. The predicted octanol–water partition coefficient (Wildman–Crippen LogP) is 13.1. The average molecular weight is 940 g/mol. The maximum atomic E-state index is 6.36. The second-order valence-corrected chi connectivity index (χ2v) is 22.3. The fourth-order valence-corrected chi connectivity index (χ4v) is 9.33. The van der Waals surface area contributed by atoms with Crippen LogP contribution in [0.2, 0.25) is 19.6 Å². The third-order valence-electron chi connectivity index (χ3n) is 10.3. The van der Waals surface area contributed by atoms with Crippen molar-refractivity contribution in [3.8, 4) is 28.3 Å². The van der Waals surface area contributed by atoms with Crippen molar-refractivity contribution in [2.75, 3.05) is 0 Å². The number of furan rings is 1. The van der Waals surface area contributed by atoms with E-state index >= 15 is 0 Å². The summed E-state index contributed by atoms with van der Waals surface area (Å²) in [6.45, 7) is 13.7. The Bertz CT molecular complexity index is 2940. The monoisotopic (exact) mass is 940 g/mol. The van der Waals surface area contributed by atoms with E-state index in [2.05, 4.69) is 165 Å². The Morgan fingerprint density at radius 1 is 0.714 bits per heavy atom. The first-order valence-corrected chi connectivity index (χ1v) is 23.1. The number of hydrogen-bond donors (Lipinski definition) is 0. The van der Waals surface area contributed by atoms with Crippen LogP contribution >= 0.6 is 11.3 Å². The summed E-state index contributed by atoms with van der Waals surface area (Å²) in [7, 11) is -1.26. The number of thiophene rings is 1. The van der Waals surface area contributed by atoms with E-state index in [4.69, 9.17) is 9.40 Å². The van der Waals surface area contributed by atoms with Gasteiger partial charge < -0.3 is 14.0 Å². The maximum absolute atomic E-state index is 6.36. The second kappa shape index (κ2) is 14.7. The van der Waals surface area contributed by atoms with Gasteiger partial charge in [0, 0.05) is 57.5 Å². The molecule has 0 amide bonds. The van der Waals surface area contributed by atoms with Crippen molar-refractivity contribution in [1.82, 2.24) is 14.5 Å². The van der Waals surface area contributed by atoms with Crippen LogP contribution in [0.1, 0.15) is 26.3 Å². The average Bonchev–Trinajstić information content (AvgIpc) is 3.89. The van der Waals surface area contributed by atoms with Crippen molar-refractivity contribution in [3.05, 3.63) is 157 Å². The standard InChI is InChI=1S/C31H17N2OS.C18H24NSi.Ir/c1-5-14-27-20(8-1)22-10-7-11-23(30(22)34-27)31-32-25-12-3-4-13-26(25)33(31)19-16-17-29-24(18-19)21-9-2-6-15-28(21)35-29;1-18(2,3)15-9-7-14(8-10-15)17-12-11-16(13-19-17)20(4,5)6;/h1-10,12-18H;7,9-13H,1-6H3;/q2*-1;. The minimum absolute atomic E-state index is 0. The molecule has 10 aromatic rings. The van der Waals surface area contributed by atoms with E-state index in [1.54, 1.807) is 0 Å². The molecule has 0 atom stereocenters. The van der Waals surface area contributed by atoms with Gasteiger partial charge in [-0.1, -0.05) is 112 Å². The van der Waals surface area contributed by atoms with Gasteiger partial charge in [0.2, 0.25) is 0 Å². The van der Waals surface area contributed by atoms with Gasteiger partial charge in [0.05, 0.1) is 30.5 Å².